The van der Waals surface area contributed by atoms with Gasteiger partial charge in [-0.2, -0.15) is 0 Å². The van der Waals surface area contributed by atoms with E-state index in [-0.39, 0.29) is 23.3 Å². The second-order valence-corrected chi connectivity index (χ2v) is 11.1. The number of benzene rings is 1. The first kappa shape index (κ1) is 20.8. The maximum atomic E-state index is 12.7. The van der Waals surface area contributed by atoms with Crippen molar-refractivity contribution in [2.75, 3.05) is 0 Å². The van der Waals surface area contributed by atoms with Crippen molar-refractivity contribution in [3.8, 4) is 5.75 Å². The Morgan fingerprint density at radius 2 is 1.69 bits per heavy atom. The van der Waals surface area contributed by atoms with Gasteiger partial charge in [0.2, 0.25) is 17.7 Å². The highest BCUT2D eigenvalue weighted by atomic mass is 127. The van der Waals surface area contributed by atoms with Crippen LogP contribution < -0.4 is 0 Å². The Bertz CT molecular complexity index is 912. The quantitative estimate of drug-likeness (QED) is 0.207. The summed E-state index contributed by atoms with van der Waals surface area (Å²) in [5.74, 6) is -1.87. The summed E-state index contributed by atoms with van der Waals surface area (Å²) >= 11 is 7.75. The molecule has 0 radical (unpaired) electrons. The maximum absolute atomic E-state index is 12.7. The summed E-state index contributed by atoms with van der Waals surface area (Å²) < 4.78 is 6.04. The number of ketones is 2. The zero-order valence-corrected chi connectivity index (χ0v) is 21.2. The van der Waals surface area contributed by atoms with Gasteiger partial charge in [-0.3, -0.25) is 9.59 Å². The number of halogens is 4. The third kappa shape index (κ3) is 3.42. The first-order valence-electron chi connectivity index (χ1n) is 7.02. The van der Waals surface area contributed by atoms with Crippen LogP contribution in [0.2, 0.25) is 0 Å². The Morgan fingerprint density at radius 1 is 1.12 bits per heavy atom. The van der Waals surface area contributed by atoms with Gasteiger partial charge in [0.25, 0.3) is 0 Å². The van der Waals surface area contributed by atoms with Crippen molar-refractivity contribution < 1.29 is 29.3 Å². The molecule has 2 N–H and O–H groups in total. The Kier molecular flexibility index (Phi) is 5.95. The Morgan fingerprint density at radius 3 is 2.23 bits per heavy atom. The van der Waals surface area contributed by atoms with E-state index in [9.17, 15) is 24.6 Å². The zero-order valence-electron chi connectivity index (χ0n) is 12.6. The van der Waals surface area contributed by atoms with E-state index in [1.54, 1.807) is 6.08 Å². The van der Waals surface area contributed by atoms with Crippen molar-refractivity contribution in [2.45, 2.75) is 15.9 Å². The highest BCUT2D eigenvalue weighted by Crippen LogP contribution is 2.54. The van der Waals surface area contributed by atoms with Crippen molar-refractivity contribution in [2.24, 2.45) is 0 Å². The Labute approximate surface area is 202 Å². The van der Waals surface area contributed by atoms with Crippen molar-refractivity contribution in [3.05, 3.63) is 45.8 Å². The summed E-state index contributed by atoms with van der Waals surface area (Å²) in [6.07, 6.45) is 0.634. The van der Waals surface area contributed by atoms with E-state index in [1.165, 1.54) is 12.1 Å². The lowest BCUT2D eigenvalue weighted by atomic mass is 9.81. The Hall–Kier alpha value is 0.0300. The largest absolute Gasteiger partial charge is 0.506 e. The lowest BCUT2D eigenvalue weighted by molar-refractivity contribution is -0.158. The van der Waals surface area contributed by atoms with Gasteiger partial charge < -0.3 is 14.9 Å². The molecule has 1 aliphatic carbocycles. The van der Waals surface area contributed by atoms with Gasteiger partial charge in [-0.15, -0.1) is 0 Å². The van der Waals surface area contributed by atoms with Gasteiger partial charge in [-0.25, -0.2) is 4.79 Å². The minimum absolute atomic E-state index is 0.0661. The van der Waals surface area contributed by atoms with Crippen LogP contribution in [-0.2, 0) is 14.3 Å². The average Bonchev–Trinajstić information content (AvgIpc) is 2.54. The maximum Gasteiger partial charge on any atom is 0.346 e. The number of carboxylic acids is 1. The van der Waals surface area contributed by atoms with Crippen LogP contribution in [-0.4, -0.2) is 37.3 Å². The molecule has 1 aromatic carbocycles. The Balaban J connectivity index is 1.93. The fourth-order valence-electron chi connectivity index (χ4n) is 2.71. The van der Waals surface area contributed by atoms with E-state index in [0.717, 1.165) is 0 Å². The molecule has 10 heteroatoms. The van der Waals surface area contributed by atoms with Gasteiger partial charge in [0.1, 0.15) is 14.9 Å². The first-order chi connectivity index (χ1) is 12.1. The van der Waals surface area contributed by atoms with Crippen LogP contribution in [0.5, 0.6) is 5.75 Å². The standard InChI is InChI=1S/C16H8I4O6/c17-7-1-5(2-8(18)12(7)23)10(21)11(22)6-3-9(19)13-16(20,4-6)14(26-13)15(24)25/h1-3,14,23H,4H2,(H,24,25). The molecular formula is C16H8I4O6. The number of allylic oxidation sites excluding steroid dienone is 3. The van der Waals surface area contributed by atoms with Gasteiger partial charge in [0.05, 0.1) is 10.7 Å². The third-order valence-corrected chi connectivity index (χ3v) is 7.88. The summed E-state index contributed by atoms with van der Waals surface area (Å²) in [6, 6.07) is 2.92. The molecule has 1 saturated heterocycles. The van der Waals surface area contributed by atoms with E-state index >= 15 is 0 Å². The van der Waals surface area contributed by atoms with Crippen LogP contribution in [0.4, 0.5) is 0 Å². The lowest BCUT2D eigenvalue weighted by Gasteiger charge is -2.47. The van der Waals surface area contributed by atoms with Gasteiger partial charge in [0, 0.05) is 17.6 Å². The van der Waals surface area contributed by atoms with Gasteiger partial charge >= 0.3 is 5.97 Å². The molecule has 26 heavy (non-hydrogen) atoms. The summed E-state index contributed by atoms with van der Waals surface area (Å²) in [6.45, 7) is 0. The number of alkyl halides is 1. The highest BCUT2D eigenvalue weighted by molar-refractivity contribution is 14.1. The first-order valence-corrected chi connectivity index (χ1v) is 11.3. The van der Waals surface area contributed by atoms with E-state index in [1.807, 2.05) is 90.4 Å². The summed E-state index contributed by atoms with van der Waals surface area (Å²) in [5, 5.41) is 19.1. The van der Waals surface area contributed by atoms with Crippen LogP contribution in [0.25, 0.3) is 0 Å². The lowest BCUT2D eigenvalue weighted by Crippen LogP contribution is -2.57. The normalized spacial score (nSPS) is 24.2. The van der Waals surface area contributed by atoms with Crippen molar-refractivity contribution in [1.82, 2.24) is 0 Å². The molecule has 6 nitrogen and oxygen atoms in total. The number of aliphatic carboxylic acids is 1. The number of Topliss-reactive ketones (excluding diaryl/α,β-unsaturated/α-hetero) is 2. The number of fused-ring (bicyclic) bond motifs is 1. The fourth-order valence-corrected chi connectivity index (χ4v) is 7.20. The van der Waals surface area contributed by atoms with E-state index < -0.39 is 27.1 Å². The molecule has 1 aromatic rings. The van der Waals surface area contributed by atoms with Crippen LogP contribution in [0.3, 0.4) is 0 Å². The van der Waals surface area contributed by atoms with Gasteiger partial charge in [-0.05, 0) is 86.0 Å². The third-order valence-electron chi connectivity index (χ3n) is 4.00. The summed E-state index contributed by atoms with van der Waals surface area (Å²) in [5.41, 5.74) is 0.444. The number of ether oxygens (including phenoxy) is 1. The van der Waals surface area contributed by atoms with E-state index in [2.05, 4.69) is 0 Å². The second kappa shape index (κ2) is 7.46. The molecule has 1 aliphatic heterocycles. The molecule has 1 fully saturated rings. The molecule has 0 bridgehead atoms. The molecule has 0 amide bonds. The molecular weight excluding hydrogens is 796 g/mol. The van der Waals surface area contributed by atoms with E-state index in [4.69, 9.17) is 4.74 Å². The number of phenols is 1. The summed E-state index contributed by atoms with van der Waals surface area (Å²) in [4.78, 5) is 36.7. The van der Waals surface area contributed by atoms with Crippen LogP contribution in [0.1, 0.15) is 16.8 Å². The van der Waals surface area contributed by atoms with Crippen molar-refractivity contribution in [1.29, 1.82) is 0 Å². The molecule has 2 unspecified atom stereocenters. The minimum atomic E-state index is -1.10. The highest BCUT2D eigenvalue weighted by Gasteiger charge is 2.59. The van der Waals surface area contributed by atoms with Crippen LogP contribution >= 0.6 is 90.4 Å². The van der Waals surface area contributed by atoms with Gasteiger partial charge in [0.15, 0.2) is 0 Å². The molecule has 2 atom stereocenters. The molecule has 1 heterocycles. The number of aromatic hydroxyl groups is 1. The number of carbonyl (C=O) groups is 3. The number of hydrogen-bond donors (Lipinski definition) is 2. The van der Waals surface area contributed by atoms with Crippen LogP contribution in [0, 0.1) is 7.14 Å². The SMILES string of the molecule is O=C(C(=O)c1cc(I)c(O)c(I)c1)C1=CC(I)=C2OC(C(=O)O)C2(I)C1. The molecule has 0 aromatic heterocycles. The second-order valence-electron chi connectivity index (χ2n) is 5.67. The minimum Gasteiger partial charge on any atom is -0.506 e. The number of hydrogen-bond acceptors (Lipinski definition) is 5. The smallest absolute Gasteiger partial charge is 0.346 e. The molecule has 2 aliphatic rings. The van der Waals surface area contributed by atoms with Crippen molar-refractivity contribution in [3.63, 3.8) is 0 Å². The van der Waals surface area contributed by atoms with Gasteiger partial charge in [-0.1, -0.05) is 22.6 Å². The van der Waals surface area contributed by atoms with E-state index in [0.29, 0.717) is 16.5 Å². The van der Waals surface area contributed by atoms with Crippen molar-refractivity contribution >= 4 is 108 Å². The predicted octanol–water partition coefficient (Wildman–Crippen LogP) is 3.99. The monoisotopic (exact) mass is 804 g/mol. The predicted molar refractivity (Wildman–Crippen MR) is 126 cm³/mol. The number of carboxylic acid groups (broad SMARTS) is 1. The topological polar surface area (TPSA) is 101 Å². The summed E-state index contributed by atoms with van der Waals surface area (Å²) in [7, 11) is 0. The average molecular weight is 804 g/mol. The van der Waals surface area contributed by atoms with Crippen LogP contribution in [0.15, 0.2) is 33.1 Å². The molecule has 3 rings (SSSR count). The fraction of sp³-hybridized carbons (Fsp3) is 0.188. The number of phenolic OH excluding ortho intramolecular Hbond substituents is 1. The zero-order chi connectivity index (χ0) is 19.4. The number of rotatable bonds is 4. The molecule has 0 saturated carbocycles. The molecule has 0 spiro atoms. The molecule has 136 valence electrons. The number of carbonyl (C=O) groups excluding carboxylic acids is 2.